The third kappa shape index (κ3) is 3.55. The van der Waals surface area contributed by atoms with Gasteiger partial charge in [0.05, 0.1) is 24.6 Å². The highest BCUT2D eigenvalue weighted by molar-refractivity contribution is 7.87. The van der Waals surface area contributed by atoms with Crippen LogP contribution in [-0.4, -0.2) is 52.0 Å². The fourth-order valence-corrected chi connectivity index (χ4v) is 6.01. The normalized spacial score (nSPS) is 24.6. The minimum atomic E-state index is -3.84. The van der Waals surface area contributed by atoms with Gasteiger partial charge in [0, 0.05) is 16.4 Å². The standard InChI is InChI=1S/C18H23N5O6S2/c1-8-11(16(18(26)27)23-15(8)14(9(2)24)17(23)25)5-21-6-13-22(7-21)12(10(3)30-13)4-20-31(19,28)29/h6-9,14-15,20,24H,4-5H2,1-3H3,(H2-,19,26,27,28,29)/p+1/t8-,9+,14+,15+/m0/s1. The van der Waals surface area contributed by atoms with Crippen molar-refractivity contribution in [2.24, 2.45) is 17.0 Å². The quantitative estimate of drug-likeness (QED) is 0.303. The number of thiazole rings is 1. The van der Waals surface area contributed by atoms with E-state index in [1.165, 1.54) is 16.2 Å². The van der Waals surface area contributed by atoms with Crippen LogP contribution in [0.3, 0.4) is 0 Å². The number of imidazole rings is 1. The minimum Gasteiger partial charge on any atom is -0.477 e. The van der Waals surface area contributed by atoms with Gasteiger partial charge in [0.25, 0.3) is 10.2 Å². The number of carboxylic acids is 1. The van der Waals surface area contributed by atoms with Crippen LogP contribution >= 0.6 is 11.3 Å². The zero-order chi connectivity index (χ0) is 22.8. The lowest BCUT2D eigenvalue weighted by atomic mass is 9.78. The summed E-state index contributed by atoms with van der Waals surface area (Å²) in [6.07, 6.45) is 2.76. The fourth-order valence-electron chi connectivity index (χ4n) is 4.62. The number of aliphatic hydroxyl groups is 1. The fraction of sp³-hybridized carbons (Fsp3) is 0.500. The van der Waals surface area contributed by atoms with Crippen molar-refractivity contribution in [3.63, 3.8) is 0 Å². The van der Waals surface area contributed by atoms with E-state index in [0.29, 0.717) is 5.57 Å². The molecule has 2 aromatic rings. The summed E-state index contributed by atoms with van der Waals surface area (Å²) in [5.41, 5.74) is 1.32. The topological polar surface area (TPSA) is 158 Å². The van der Waals surface area contributed by atoms with Gasteiger partial charge in [-0.05, 0) is 13.8 Å². The number of rotatable bonds is 7. The number of amides is 1. The van der Waals surface area contributed by atoms with E-state index in [0.717, 1.165) is 15.4 Å². The molecule has 2 aromatic heterocycles. The molecule has 2 aliphatic rings. The van der Waals surface area contributed by atoms with E-state index >= 15 is 0 Å². The van der Waals surface area contributed by atoms with Gasteiger partial charge in [-0.1, -0.05) is 18.3 Å². The molecule has 1 amide bonds. The smallest absolute Gasteiger partial charge is 0.352 e. The number of fused-ring (bicyclic) bond motifs is 2. The molecule has 0 bridgehead atoms. The Morgan fingerprint density at radius 2 is 2.13 bits per heavy atom. The SMILES string of the molecule is Cc1sc2c[n+](CC3=C(C(=O)O)N4C(=O)[C@H]([C@@H](C)O)[C@H]4[C@H]3C)cn2c1CNS(N)(=O)=O. The van der Waals surface area contributed by atoms with E-state index in [4.69, 9.17) is 5.14 Å². The lowest BCUT2D eigenvalue weighted by Crippen LogP contribution is -2.63. The molecule has 0 spiro atoms. The van der Waals surface area contributed by atoms with Gasteiger partial charge in [-0.3, -0.25) is 4.79 Å². The first kappa shape index (κ1) is 21.9. The number of hydrogen-bond donors (Lipinski definition) is 4. The van der Waals surface area contributed by atoms with Gasteiger partial charge in [-0.25, -0.2) is 14.5 Å². The summed E-state index contributed by atoms with van der Waals surface area (Å²) >= 11 is 1.47. The summed E-state index contributed by atoms with van der Waals surface area (Å²) in [6.45, 7) is 5.57. The van der Waals surface area contributed by atoms with Gasteiger partial charge in [0.2, 0.25) is 17.1 Å². The molecule has 0 saturated carbocycles. The molecule has 2 aliphatic heterocycles. The number of nitrogens with two attached hydrogens (primary N) is 1. The number of aryl methyl sites for hydroxylation is 1. The third-order valence-corrected chi connectivity index (χ3v) is 7.64. The molecule has 11 nitrogen and oxygen atoms in total. The van der Waals surface area contributed by atoms with Gasteiger partial charge in [0.1, 0.15) is 24.1 Å². The summed E-state index contributed by atoms with van der Waals surface area (Å²) in [5, 5.41) is 24.8. The zero-order valence-electron chi connectivity index (χ0n) is 17.1. The summed E-state index contributed by atoms with van der Waals surface area (Å²) in [5.74, 6) is -2.37. The van der Waals surface area contributed by atoms with Gasteiger partial charge < -0.3 is 15.1 Å². The molecule has 5 N–H and O–H groups in total. The van der Waals surface area contributed by atoms with Crippen LogP contribution in [0.2, 0.25) is 0 Å². The Bertz CT molecular complexity index is 1230. The summed E-state index contributed by atoms with van der Waals surface area (Å²) < 4.78 is 28.4. The molecule has 0 unspecified atom stereocenters. The number of aromatic nitrogens is 2. The molecule has 0 aliphatic carbocycles. The highest BCUT2D eigenvalue weighted by Gasteiger charge is 2.60. The molecule has 0 radical (unpaired) electrons. The predicted molar refractivity (Wildman–Crippen MR) is 110 cm³/mol. The number of carboxylic acid groups (broad SMARTS) is 1. The van der Waals surface area contributed by atoms with E-state index in [2.05, 4.69) is 4.72 Å². The van der Waals surface area contributed by atoms with Crippen LogP contribution in [0, 0.1) is 18.8 Å². The van der Waals surface area contributed by atoms with E-state index in [1.54, 1.807) is 13.3 Å². The van der Waals surface area contributed by atoms with Crippen LogP contribution in [0.4, 0.5) is 0 Å². The molecule has 0 aromatic carbocycles. The number of nitrogens with one attached hydrogen (secondary N) is 1. The zero-order valence-corrected chi connectivity index (χ0v) is 18.8. The first-order valence-corrected chi connectivity index (χ1v) is 12.0. The van der Waals surface area contributed by atoms with E-state index in [9.17, 15) is 28.2 Å². The van der Waals surface area contributed by atoms with Crippen molar-refractivity contribution in [3.05, 3.63) is 34.4 Å². The summed E-state index contributed by atoms with van der Waals surface area (Å²) in [6, 6.07) is -0.366. The molecule has 1 fully saturated rings. The van der Waals surface area contributed by atoms with Crippen molar-refractivity contribution in [1.29, 1.82) is 0 Å². The Balaban J connectivity index is 1.66. The maximum absolute atomic E-state index is 12.5. The van der Waals surface area contributed by atoms with E-state index in [-0.39, 0.29) is 36.7 Å². The molecule has 4 rings (SSSR count). The number of aliphatic hydroxyl groups excluding tert-OH is 1. The Labute approximate surface area is 182 Å². The number of aliphatic carboxylic acids is 1. The highest BCUT2D eigenvalue weighted by Crippen LogP contribution is 2.47. The number of carbonyl (C=O) groups is 2. The second-order valence-corrected chi connectivity index (χ2v) is 10.6. The molecular weight excluding hydrogens is 446 g/mol. The van der Waals surface area contributed by atoms with Crippen LogP contribution in [0.25, 0.3) is 4.83 Å². The monoisotopic (exact) mass is 470 g/mol. The Morgan fingerprint density at radius 1 is 1.45 bits per heavy atom. The third-order valence-electron chi connectivity index (χ3n) is 6.04. The molecule has 168 valence electrons. The highest BCUT2D eigenvalue weighted by atomic mass is 32.2. The maximum Gasteiger partial charge on any atom is 0.352 e. The van der Waals surface area contributed by atoms with Gasteiger partial charge in [-0.15, -0.1) is 0 Å². The Hall–Kier alpha value is -2.32. The summed E-state index contributed by atoms with van der Waals surface area (Å²) in [7, 11) is -3.84. The largest absolute Gasteiger partial charge is 0.477 e. The van der Waals surface area contributed by atoms with Crippen molar-refractivity contribution in [3.8, 4) is 0 Å². The van der Waals surface area contributed by atoms with Gasteiger partial charge >= 0.3 is 5.97 Å². The first-order valence-electron chi connectivity index (χ1n) is 9.65. The van der Waals surface area contributed by atoms with Crippen molar-refractivity contribution in [1.82, 2.24) is 14.0 Å². The second-order valence-electron chi connectivity index (χ2n) is 8.03. The van der Waals surface area contributed by atoms with Crippen molar-refractivity contribution >= 4 is 38.3 Å². The van der Waals surface area contributed by atoms with Crippen molar-refractivity contribution in [2.75, 3.05) is 0 Å². The van der Waals surface area contributed by atoms with Crippen LogP contribution in [-0.2, 0) is 32.9 Å². The number of nitrogens with zero attached hydrogens (tertiary/aromatic N) is 3. The van der Waals surface area contributed by atoms with E-state index < -0.39 is 28.2 Å². The van der Waals surface area contributed by atoms with Crippen LogP contribution < -0.4 is 14.4 Å². The van der Waals surface area contributed by atoms with E-state index in [1.807, 2.05) is 29.0 Å². The van der Waals surface area contributed by atoms with Gasteiger partial charge in [-0.2, -0.15) is 17.5 Å². The maximum atomic E-state index is 12.5. The average Bonchev–Trinajstić information content (AvgIpc) is 3.21. The lowest BCUT2D eigenvalue weighted by Gasteiger charge is -2.46. The van der Waals surface area contributed by atoms with Crippen LogP contribution in [0.5, 0.6) is 0 Å². The van der Waals surface area contributed by atoms with Crippen molar-refractivity contribution < 1.29 is 32.8 Å². The van der Waals surface area contributed by atoms with Crippen LogP contribution in [0.15, 0.2) is 23.8 Å². The second kappa shape index (κ2) is 7.38. The Morgan fingerprint density at radius 3 is 2.71 bits per heavy atom. The number of carbonyl (C=O) groups excluding carboxylic acids is 1. The molecule has 4 atom stereocenters. The summed E-state index contributed by atoms with van der Waals surface area (Å²) in [4.78, 5) is 27.5. The molecule has 1 saturated heterocycles. The predicted octanol–water partition coefficient (Wildman–Crippen LogP) is -0.914. The van der Waals surface area contributed by atoms with Crippen molar-refractivity contribution in [2.45, 2.75) is 46.0 Å². The molecule has 4 heterocycles. The minimum absolute atomic E-state index is 0.0197. The lowest BCUT2D eigenvalue weighted by molar-refractivity contribution is -0.688. The number of hydrogen-bond acceptors (Lipinski definition) is 6. The van der Waals surface area contributed by atoms with Gasteiger partial charge in [0.15, 0.2) is 0 Å². The Kier molecular flexibility index (Phi) is 5.21. The number of β-lactam (4-membered cyclic amide) rings is 1. The molecule has 31 heavy (non-hydrogen) atoms. The molecule has 13 heteroatoms. The first-order chi connectivity index (χ1) is 14.4. The van der Waals surface area contributed by atoms with Crippen LogP contribution in [0.1, 0.15) is 24.4 Å². The molecular formula is C18H24N5O6S2+. The average molecular weight is 471 g/mol.